The van der Waals surface area contributed by atoms with E-state index in [1.807, 2.05) is 35.0 Å². The lowest BCUT2D eigenvalue weighted by Crippen LogP contribution is -2.10. The van der Waals surface area contributed by atoms with Gasteiger partial charge in [0, 0.05) is 16.6 Å². The molecule has 15 heavy (non-hydrogen) atoms. The van der Waals surface area contributed by atoms with Gasteiger partial charge in [-0.2, -0.15) is 0 Å². The molecule has 0 aliphatic heterocycles. The third-order valence-electron chi connectivity index (χ3n) is 2.29. The van der Waals surface area contributed by atoms with Crippen molar-refractivity contribution in [3.63, 3.8) is 0 Å². The molecule has 78 valence electrons. The van der Waals surface area contributed by atoms with Crippen LogP contribution in [-0.4, -0.2) is 17.6 Å². The lowest BCUT2D eigenvalue weighted by atomic mass is 10.2. The van der Waals surface area contributed by atoms with Crippen molar-refractivity contribution in [3.05, 3.63) is 35.5 Å². The number of hydrogen-bond acceptors (Lipinski definition) is 2. The fourth-order valence-corrected chi connectivity index (χ4v) is 1.76. The molecule has 0 spiro atoms. The number of benzene rings is 1. The maximum Gasteiger partial charge on any atom is 0.325 e. The first-order chi connectivity index (χ1) is 7.22. The van der Waals surface area contributed by atoms with E-state index in [9.17, 15) is 4.79 Å². The Morgan fingerprint density at radius 2 is 2.27 bits per heavy atom. The first kappa shape index (κ1) is 10.1. The van der Waals surface area contributed by atoms with Crippen molar-refractivity contribution in [3.8, 4) is 0 Å². The first-order valence-corrected chi connectivity index (χ1v) is 4.90. The Morgan fingerprint density at radius 1 is 1.47 bits per heavy atom. The van der Waals surface area contributed by atoms with E-state index in [4.69, 9.17) is 11.6 Å². The molecule has 2 rings (SSSR count). The van der Waals surface area contributed by atoms with Crippen LogP contribution in [-0.2, 0) is 16.1 Å². The zero-order valence-electron chi connectivity index (χ0n) is 8.24. The van der Waals surface area contributed by atoms with Crippen molar-refractivity contribution >= 4 is 28.5 Å². The SMILES string of the molecule is COC(=O)Cn1ccc2c(Cl)cccc21. The van der Waals surface area contributed by atoms with Crippen LogP contribution in [0.5, 0.6) is 0 Å². The molecule has 0 saturated carbocycles. The largest absolute Gasteiger partial charge is 0.468 e. The molecule has 0 aliphatic rings. The lowest BCUT2D eigenvalue weighted by molar-refractivity contribution is -0.141. The summed E-state index contributed by atoms with van der Waals surface area (Å²) in [5.74, 6) is -0.271. The van der Waals surface area contributed by atoms with Crippen molar-refractivity contribution in [1.82, 2.24) is 4.57 Å². The third kappa shape index (κ3) is 1.83. The Kier molecular flexibility index (Phi) is 2.64. The zero-order chi connectivity index (χ0) is 10.8. The van der Waals surface area contributed by atoms with E-state index in [1.165, 1.54) is 7.11 Å². The van der Waals surface area contributed by atoms with E-state index in [2.05, 4.69) is 4.74 Å². The quantitative estimate of drug-likeness (QED) is 0.733. The number of hydrogen-bond donors (Lipinski definition) is 0. The summed E-state index contributed by atoms with van der Waals surface area (Å²) in [4.78, 5) is 11.1. The summed E-state index contributed by atoms with van der Waals surface area (Å²) in [6.45, 7) is 0.209. The van der Waals surface area contributed by atoms with Gasteiger partial charge in [0.1, 0.15) is 6.54 Å². The predicted molar refractivity (Wildman–Crippen MR) is 59.0 cm³/mol. The number of ether oxygens (including phenoxy) is 1. The maximum absolute atomic E-state index is 11.1. The molecule has 0 unspecified atom stereocenters. The molecule has 0 fully saturated rings. The summed E-state index contributed by atoms with van der Waals surface area (Å²) in [6.07, 6.45) is 1.83. The molecule has 1 aromatic heterocycles. The highest BCUT2D eigenvalue weighted by molar-refractivity contribution is 6.35. The maximum atomic E-state index is 11.1. The third-order valence-corrected chi connectivity index (χ3v) is 2.62. The van der Waals surface area contributed by atoms with E-state index in [0.29, 0.717) is 5.02 Å². The van der Waals surface area contributed by atoms with Gasteiger partial charge in [0.15, 0.2) is 0 Å². The van der Waals surface area contributed by atoms with Crippen LogP contribution < -0.4 is 0 Å². The summed E-state index contributed by atoms with van der Waals surface area (Å²) in [7, 11) is 1.38. The van der Waals surface area contributed by atoms with Gasteiger partial charge in [0.2, 0.25) is 0 Å². The minimum absolute atomic E-state index is 0.209. The van der Waals surface area contributed by atoms with Crippen LogP contribution in [0.4, 0.5) is 0 Å². The second-order valence-corrected chi connectivity index (χ2v) is 3.60. The zero-order valence-corrected chi connectivity index (χ0v) is 8.99. The van der Waals surface area contributed by atoms with E-state index in [1.54, 1.807) is 0 Å². The highest BCUT2D eigenvalue weighted by Crippen LogP contribution is 2.24. The summed E-state index contributed by atoms with van der Waals surface area (Å²) in [5.41, 5.74) is 0.938. The smallest absolute Gasteiger partial charge is 0.325 e. The predicted octanol–water partition coefficient (Wildman–Crippen LogP) is 2.47. The first-order valence-electron chi connectivity index (χ1n) is 4.52. The van der Waals surface area contributed by atoms with Crippen LogP contribution in [0.25, 0.3) is 10.9 Å². The molecule has 0 saturated heterocycles. The van der Waals surface area contributed by atoms with Gasteiger partial charge >= 0.3 is 5.97 Å². The molecule has 1 aromatic carbocycles. The van der Waals surface area contributed by atoms with E-state index in [0.717, 1.165) is 10.9 Å². The molecular formula is C11H10ClNO2. The van der Waals surface area contributed by atoms with Crippen LogP contribution in [0.15, 0.2) is 30.5 Å². The average molecular weight is 224 g/mol. The van der Waals surface area contributed by atoms with Gasteiger partial charge in [-0.3, -0.25) is 4.79 Å². The Labute approximate surface area is 92.2 Å². The summed E-state index contributed by atoms with van der Waals surface area (Å²) in [6, 6.07) is 7.50. The van der Waals surface area contributed by atoms with Crippen LogP contribution in [0.1, 0.15) is 0 Å². The lowest BCUT2D eigenvalue weighted by Gasteiger charge is -2.03. The van der Waals surface area contributed by atoms with Gasteiger partial charge in [-0.25, -0.2) is 0 Å². The molecule has 1 heterocycles. The average Bonchev–Trinajstić information content (AvgIpc) is 2.63. The van der Waals surface area contributed by atoms with Crippen molar-refractivity contribution in [2.24, 2.45) is 0 Å². The van der Waals surface area contributed by atoms with E-state index in [-0.39, 0.29) is 12.5 Å². The van der Waals surface area contributed by atoms with Gasteiger partial charge < -0.3 is 9.30 Å². The number of carbonyl (C=O) groups excluding carboxylic acids is 1. The van der Waals surface area contributed by atoms with Crippen molar-refractivity contribution < 1.29 is 9.53 Å². The molecule has 0 amide bonds. The minimum Gasteiger partial charge on any atom is -0.468 e. The fraction of sp³-hybridized carbons (Fsp3) is 0.182. The second-order valence-electron chi connectivity index (χ2n) is 3.19. The van der Waals surface area contributed by atoms with Crippen LogP contribution in [0.3, 0.4) is 0 Å². The highest BCUT2D eigenvalue weighted by Gasteiger charge is 2.07. The van der Waals surface area contributed by atoms with E-state index >= 15 is 0 Å². The van der Waals surface area contributed by atoms with Crippen LogP contribution >= 0.6 is 11.6 Å². The van der Waals surface area contributed by atoms with Gasteiger partial charge in [-0.05, 0) is 18.2 Å². The molecule has 2 aromatic rings. The minimum atomic E-state index is -0.271. The molecule has 0 atom stereocenters. The number of fused-ring (bicyclic) bond motifs is 1. The van der Waals surface area contributed by atoms with Gasteiger partial charge in [0.25, 0.3) is 0 Å². The number of aromatic nitrogens is 1. The normalized spacial score (nSPS) is 10.5. The monoisotopic (exact) mass is 223 g/mol. The van der Waals surface area contributed by atoms with Crippen molar-refractivity contribution in [2.75, 3.05) is 7.11 Å². The Balaban J connectivity index is 2.45. The number of nitrogens with zero attached hydrogens (tertiary/aromatic N) is 1. The van der Waals surface area contributed by atoms with Gasteiger partial charge in [0.05, 0.1) is 12.6 Å². The molecule has 0 N–H and O–H groups in total. The standard InChI is InChI=1S/C11H10ClNO2/c1-15-11(14)7-13-6-5-8-9(12)3-2-4-10(8)13/h2-6H,7H2,1H3. The number of esters is 1. The molecular weight excluding hydrogens is 214 g/mol. The Bertz CT molecular complexity index is 504. The number of rotatable bonds is 2. The highest BCUT2D eigenvalue weighted by atomic mass is 35.5. The summed E-state index contributed by atoms with van der Waals surface area (Å²) in [5, 5.41) is 1.64. The Hall–Kier alpha value is -1.48. The Morgan fingerprint density at radius 3 is 3.00 bits per heavy atom. The second kappa shape index (κ2) is 3.95. The fourth-order valence-electron chi connectivity index (χ4n) is 1.53. The topological polar surface area (TPSA) is 31.2 Å². The molecule has 0 radical (unpaired) electrons. The van der Waals surface area contributed by atoms with Crippen molar-refractivity contribution in [2.45, 2.75) is 6.54 Å². The van der Waals surface area contributed by atoms with E-state index < -0.39 is 0 Å². The molecule has 0 aliphatic carbocycles. The van der Waals surface area contributed by atoms with Gasteiger partial charge in [-0.15, -0.1) is 0 Å². The van der Waals surface area contributed by atoms with Crippen LogP contribution in [0.2, 0.25) is 5.02 Å². The van der Waals surface area contributed by atoms with Gasteiger partial charge in [-0.1, -0.05) is 17.7 Å². The molecule has 3 nitrogen and oxygen atoms in total. The number of carbonyl (C=O) groups is 1. The molecule has 4 heteroatoms. The number of halogens is 1. The summed E-state index contributed by atoms with van der Waals surface area (Å²) >= 11 is 6.01. The van der Waals surface area contributed by atoms with Crippen molar-refractivity contribution in [1.29, 1.82) is 0 Å². The summed E-state index contributed by atoms with van der Waals surface area (Å²) < 4.78 is 6.42. The van der Waals surface area contributed by atoms with Crippen LogP contribution in [0, 0.1) is 0 Å². The molecule has 0 bridgehead atoms. The number of methoxy groups -OCH3 is 1.